The molecule has 0 saturated carbocycles. The van der Waals surface area contributed by atoms with Gasteiger partial charge < -0.3 is 0 Å². The molecule has 0 radical (unpaired) electrons. The molecule has 2 aromatic carbocycles. The zero-order valence-corrected chi connectivity index (χ0v) is 14.0. The third-order valence-corrected chi connectivity index (χ3v) is 4.38. The number of pyridine rings is 1. The van der Waals surface area contributed by atoms with Crippen molar-refractivity contribution in [2.45, 2.75) is 40.4 Å². The Bertz CT molecular complexity index is 1120. The lowest BCUT2D eigenvalue weighted by atomic mass is 9.93. The zero-order chi connectivity index (χ0) is 22.6. The van der Waals surface area contributed by atoms with Crippen LogP contribution in [-0.4, -0.2) is 0 Å². The van der Waals surface area contributed by atoms with Crippen LogP contribution in [0, 0.1) is 20.6 Å². The largest absolute Gasteiger partial charge is 0.220 e. The number of benzene rings is 2. The molecule has 0 fully saturated rings. The number of fused-ring (bicyclic) bond motifs is 1. The first-order valence-electron chi connectivity index (χ1n) is 11.2. The van der Waals surface area contributed by atoms with E-state index in [1.165, 1.54) is 6.07 Å². The molecular formula is C22H26N+. The molecule has 0 N–H and O–H groups in total. The minimum Gasteiger partial charge on any atom is -0.200 e. The van der Waals surface area contributed by atoms with Crippen LogP contribution in [0.1, 0.15) is 51.6 Å². The highest BCUT2D eigenvalue weighted by Crippen LogP contribution is 2.31. The highest BCUT2D eigenvalue weighted by atomic mass is 14.9. The third kappa shape index (κ3) is 2.76. The van der Waals surface area contributed by atoms with Gasteiger partial charge in [0.2, 0.25) is 5.69 Å². The highest BCUT2D eigenvalue weighted by Gasteiger charge is 2.18. The molecule has 3 rings (SSSR count). The molecule has 0 aliphatic heterocycles. The quantitative estimate of drug-likeness (QED) is 0.559. The average molecular weight is 311 g/mol. The predicted molar refractivity (Wildman–Crippen MR) is 98.9 cm³/mol. The molecule has 23 heavy (non-hydrogen) atoms. The second-order valence-corrected chi connectivity index (χ2v) is 6.27. The summed E-state index contributed by atoms with van der Waals surface area (Å²) >= 11 is 0. The summed E-state index contributed by atoms with van der Waals surface area (Å²) in [6.07, 6.45) is 1.87. The number of aryl methyl sites for hydroxylation is 3. The molecule has 3 aromatic rings. The van der Waals surface area contributed by atoms with Gasteiger partial charge in [-0.15, -0.1) is 0 Å². The molecule has 1 aromatic heterocycles. The monoisotopic (exact) mass is 311 g/mol. The van der Waals surface area contributed by atoms with Gasteiger partial charge in [0.15, 0.2) is 6.20 Å². The van der Waals surface area contributed by atoms with E-state index in [0.29, 0.717) is 11.1 Å². The van der Waals surface area contributed by atoms with Crippen molar-refractivity contribution < 1.29 is 14.2 Å². The van der Waals surface area contributed by atoms with Crippen molar-refractivity contribution in [2.24, 2.45) is 7.05 Å². The Morgan fingerprint density at radius 2 is 1.91 bits per heavy atom. The molecule has 0 aliphatic carbocycles. The molecule has 118 valence electrons. The maximum atomic E-state index is 8.31. The van der Waals surface area contributed by atoms with Crippen molar-refractivity contribution in [3.05, 3.63) is 64.8 Å². The fourth-order valence-corrected chi connectivity index (χ4v) is 2.98. The topological polar surface area (TPSA) is 3.88 Å². The van der Waals surface area contributed by atoms with Crippen LogP contribution in [0.4, 0.5) is 0 Å². The smallest absolute Gasteiger partial charge is 0.200 e. The van der Waals surface area contributed by atoms with E-state index < -0.39 is 19.6 Å². The molecule has 0 amide bonds. The highest BCUT2D eigenvalue weighted by molar-refractivity contribution is 5.94. The number of nitrogens with zero attached hydrogens (tertiary/aromatic N) is 1. The first-order chi connectivity index (χ1) is 13.6. The Balaban J connectivity index is 2.41. The molecule has 0 atom stereocenters. The van der Waals surface area contributed by atoms with E-state index in [-0.39, 0.29) is 11.1 Å². The normalized spacial score (nSPS) is 17.5. The van der Waals surface area contributed by atoms with E-state index in [1.54, 1.807) is 13.0 Å². The van der Waals surface area contributed by atoms with Gasteiger partial charge in [-0.3, -0.25) is 0 Å². The molecule has 0 bridgehead atoms. The number of rotatable bonds is 2. The van der Waals surface area contributed by atoms with Crippen LogP contribution in [-0.2, 0) is 7.05 Å². The van der Waals surface area contributed by atoms with E-state index in [2.05, 4.69) is 0 Å². The predicted octanol–water partition coefficient (Wildman–Crippen LogP) is 5.38. The Kier molecular flexibility index (Phi) is 2.33. The van der Waals surface area contributed by atoms with E-state index in [0.717, 1.165) is 22.0 Å². The Morgan fingerprint density at radius 3 is 2.61 bits per heavy atom. The first-order valence-corrected chi connectivity index (χ1v) is 7.69. The summed E-state index contributed by atoms with van der Waals surface area (Å²) in [5.41, 5.74) is 2.79. The van der Waals surface area contributed by atoms with Gasteiger partial charge in [0, 0.05) is 15.7 Å². The molecule has 1 nitrogen and oxygen atoms in total. The summed E-state index contributed by atoms with van der Waals surface area (Å²) in [5, 5.41) is 1.78. The van der Waals surface area contributed by atoms with Gasteiger partial charge in [-0.2, -0.15) is 0 Å². The Hall–Kier alpha value is -2.15. The number of aromatic nitrogens is 1. The molecular weight excluding hydrogens is 278 g/mol. The van der Waals surface area contributed by atoms with E-state index in [9.17, 15) is 0 Å². The summed E-state index contributed by atoms with van der Waals surface area (Å²) in [5.74, 6) is -0.752. The minimum atomic E-state index is -2.42. The molecule has 1 heteroatoms. The lowest BCUT2D eigenvalue weighted by Crippen LogP contribution is -2.30. The summed E-state index contributed by atoms with van der Waals surface area (Å²) in [6.45, 7) is 0.523. The van der Waals surface area contributed by atoms with Gasteiger partial charge in [0.05, 0.1) is 10.9 Å². The fraction of sp³-hybridized carbons (Fsp3) is 0.318. The van der Waals surface area contributed by atoms with Gasteiger partial charge in [0.25, 0.3) is 0 Å². The van der Waals surface area contributed by atoms with Crippen LogP contribution in [0.15, 0.2) is 42.6 Å². The third-order valence-electron chi connectivity index (χ3n) is 4.38. The second-order valence-electron chi connectivity index (χ2n) is 6.27. The fourth-order valence-electron chi connectivity index (χ4n) is 2.98. The van der Waals surface area contributed by atoms with Crippen molar-refractivity contribution in [3.63, 3.8) is 0 Å². The van der Waals surface area contributed by atoms with Crippen molar-refractivity contribution in [3.8, 4) is 11.3 Å². The van der Waals surface area contributed by atoms with Gasteiger partial charge in [-0.1, -0.05) is 37.6 Å². The summed E-state index contributed by atoms with van der Waals surface area (Å²) in [4.78, 5) is 0. The van der Waals surface area contributed by atoms with Crippen molar-refractivity contribution in [1.82, 2.24) is 0 Å². The van der Waals surface area contributed by atoms with Crippen molar-refractivity contribution >= 4 is 10.8 Å². The summed E-state index contributed by atoms with van der Waals surface area (Å²) < 4.78 is 57.4. The van der Waals surface area contributed by atoms with Crippen molar-refractivity contribution in [1.29, 1.82) is 0 Å². The zero-order valence-electron chi connectivity index (χ0n) is 21.0. The van der Waals surface area contributed by atoms with Crippen LogP contribution in [0.2, 0.25) is 0 Å². The maximum absolute atomic E-state index is 8.31. The van der Waals surface area contributed by atoms with Crippen LogP contribution < -0.4 is 4.57 Å². The van der Waals surface area contributed by atoms with Crippen LogP contribution in [0.5, 0.6) is 0 Å². The van der Waals surface area contributed by atoms with Gasteiger partial charge in [-0.25, -0.2) is 4.57 Å². The van der Waals surface area contributed by atoms with Crippen LogP contribution >= 0.6 is 0 Å². The Morgan fingerprint density at radius 1 is 1.09 bits per heavy atom. The van der Waals surface area contributed by atoms with Crippen LogP contribution in [0.3, 0.4) is 0 Å². The van der Waals surface area contributed by atoms with Gasteiger partial charge >= 0.3 is 0 Å². The molecule has 0 aliphatic rings. The maximum Gasteiger partial charge on any atom is 0.220 e. The average Bonchev–Trinajstić information content (AvgIpc) is 2.59. The van der Waals surface area contributed by atoms with Crippen LogP contribution in [0.25, 0.3) is 22.0 Å². The van der Waals surface area contributed by atoms with E-state index in [4.69, 9.17) is 9.60 Å². The lowest BCUT2D eigenvalue weighted by Gasteiger charge is -2.12. The van der Waals surface area contributed by atoms with Crippen molar-refractivity contribution in [2.75, 3.05) is 0 Å². The molecule has 0 spiro atoms. The van der Waals surface area contributed by atoms with Gasteiger partial charge in [-0.05, 0) is 60.7 Å². The summed E-state index contributed by atoms with van der Waals surface area (Å²) in [6, 6.07) is 10.6. The second kappa shape index (κ2) is 5.81. The first kappa shape index (κ1) is 9.22. The van der Waals surface area contributed by atoms with E-state index in [1.807, 2.05) is 55.9 Å². The lowest BCUT2D eigenvalue weighted by molar-refractivity contribution is -0.659. The van der Waals surface area contributed by atoms with E-state index >= 15 is 0 Å². The van der Waals surface area contributed by atoms with Gasteiger partial charge in [0.1, 0.15) is 7.05 Å². The summed E-state index contributed by atoms with van der Waals surface area (Å²) in [7, 11) is 1.85. The number of hydrogen-bond acceptors (Lipinski definition) is 0. The number of hydrogen-bond donors (Lipinski definition) is 0. The minimum absolute atomic E-state index is 0.00939. The SMILES string of the molecule is [2H]C([2H])([2H])c1cc(-c2c3ccc(C([2H])(C)C)cc3cc[n+]2C)c(C)c(C([2H])([2H])[2H])c1. The molecule has 1 heterocycles. The molecule has 0 saturated heterocycles. The standard InChI is InChI=1S/C22H26N/c1-14(2)18-7-8-20-19(13-18)9-10-23(6)22(20)21-12-15(3)11-16(4)17(21)5/h7-14H,1-6H3/q+1/i3D3,4D3,14D. The Labute approximate surface area is 149 Å². The molecule has 0 unspecified atom stereocenters.